The second-order valence-electron chi connectivity index (χ2n) is 4.92. The molecule has 0 atom stereocenters. The van der Waals surface area contributed by atoms with Crippen LogP contribution in [0.15, 0.2) is 18.2 Å². The molecule has 1 amide bonds. The summed E-state index contributed by atoms with van der Waals surface area (Å²) in [5, 5.41) is 2.58. The van der Waals surface area contributed by atoms with Crippen LogP contribution in [0.4, 0.5) is 0 Å². The Morgan fingerprint density at radius 2 is 1.72 bits per heavy atom. The first kappa shape index (κ1) is 21.8. The zero-order valence-electron chi connectivity index (χ0n) is 14.1. The maximum Gasteiger partial charge on any atom is 0.251 e. The number of hydrogen-bond donors (Lipinski definition) is 1. The van der Waals surface area contributed by atoms with E-state index in [0.29, 0.717) is 17.1 Å². The number of carbonyl (C=O) groups excluding carboxylic acids is 1. The van der Waals surface area contributed by atoms with Gasteiger partial charge in [0.05, 0.1) is 20.0 Å². The summed E-state index contributed by atoms with van der Waals surface area (Å²) < 4.78 is 35.9. The zero-order chi connectivity index (χ0) is 18.9. The molecule has 1 aromatic carbocycles. The number of nitrogens with one attached hydrogen (secondary N) is 1. The van der Waals surface area contributed by atoms with E-state index in [0.717, 1.165) is 0 Å². The second kappa shape index (κ2) is 10.7. The van der Waals surface area contributed by atoms with E-state index in [4.69, 9.17) is 32.7 Å². The standard InChI is InChI=1S/C15H22Cl2N2O5S/c1-23-13-4-3-12(11-14(13)24-2)15(20)18-7-10-25(21,22)19(8-5-16)9-6-17/h3-4,11H,5-10H2,1-2H3,(H,18,20). The van der Waals surface area contributed by atoms with E-state index < -0.39 is 15.9 Å². The highest BCUT2D eigenvalue weighted by molar-refractivity contribution is 7.89. The summed E-state index contributed by atoms with van der Waals surface area (Å²) in [6, 6.07) is 4.70. The van der Waals surface area contributed by atoms with Crippen molar-refractivity contribution < 1.29 is 22.7 Å². The number of ether oxygens (including phenoxy) is 2. The molecule has 0 fully saturated rings. The van der Waals surface area contributed by atoms with E-state index in [9.17, 15) is 13.2 Å². The first-order valence-corrected chi connectivity index (χ1v) is 10.2. The summed E-state index contributed by atoms with van der Waals surface area (Å²) in [5.41, 5.74) is 0.341. The van der Waals surface area contributed by atoms with Gasteiger partial charge in [-0.3, -0.25) is 4.79 Å². The van der Waals surface area contributed by atoms with Crippen LogP contribution in [0.3, 0.4) is 0 Å². The second-order valence-corrected chi connectivity index (χ2v) is 7.76. The number of nitrogens with zero attached hydrogens (tertiary/aromatic N) is 1. The number of carbonyl (C=O) groups is 1. The van der Waals surface area contributed by atoms with Crippen molar-refractivity contribution in [3.63, 3.8) is 0 Å². The molecule has 1 rings (SSSR count). The number of hydrogen-bond acceptors (Lipinski definition) is 5. The molecule has 0 bridgehead atoms. The molecule has 7 nitrogen and oxygen atoms in total. The predicted molar refractivity (Wildman–Crippen MR) is 98.7 cm³/mol. The maximum atomic E-state index is 12.2. The molecule has 0 heterocycles. The molecular formula is C15H22Cl2N2O5S. The van der Waals surface area contributed by atoms with Gasteiger partial charge in [-0.25, -0.2) is 8.42 Å². The van der Waals surface area contributed by atoms with E-state index >= 15 is 0 Å². The van der Waals surface area contributed by atoms with Gasteiger partial charge in [-0.2, -0.15) is 4.31 Å². The minimum atomic E-state index is -3.54. The van der Waals surface area contributed by atoms with Gasteiger partial charge >= 0.3 is 0 Å². The highest BCUT2D eigenvalue weighted by Gasteiger charge is 2.21. The van der Waals surface area contributed by atoms with Crippen LogP contribution in [0.2, 0.25) is 0 Å². The van der Waals surface area contributed by atoms with Gasteiger partial charge in [0.1, 0.15) is 0 Å². The summed E-state index contributed by atoms with van der Waals surface area (Å²) in [6.45, 7) is 0.330. The van der Waals surface area contributed by atoms with Crippen LogP contribution < -0.4 is 14.8 Å². The van der Waals surface area contributed by atoms with Crippen molar-refractivity contribution in [3.05, 3.63) is 23.8 Å². The van der Waals surface area contributed by atoms with Crippen molar-refractivity contribution in [1.82, 2.24) is 9.62 Å². The van der Waals surface area contributed by atoms with Crippen LogP contribution in [-0.2, 0) is 10.0 Å². The van der Waals surface area contributed by atoms with Crippen LogP contribution in [0.5, 0.6) is 11.5 Å². The Kier molecular flexibility index (Phi) is 9.34. The third-order valence-electron chi connectivity index (χ3n) is 3.35. The third-order valence-corrected chi connectivity index (χ3v) is 5.56. The molecule has 0 aliphatic carbocycles. The monoisotopic (exact) mass is 412 g/mol. The molecule has 0 aliphatic heterocycles. The van der Waals surface area contributed by atoms with Crippen molar-refractivity contribution in [2.75, 3.05) is 51.4 Å². The topological polar surface area (TPSA) is 84.9 Å². The van der Waals surface area contributed by atoms with E-state index in [2.05, 4.69) is 5.32 Å². The number of amides is 1. The maximum absolute atomic E-state index is 12.2. The number of sulfonamides is 1. The van der Waals surface area contributed by atoms with Crippen molar-refractivity contribution in [3.8, 4) is 11.5 Å². The van der Waals surface area contributed by atoms with Gasteiger partial charge in [0.25, 0.3) is 5.91 Å². The van der Waals surface area contributed by atoms with Crippen LogP contribution in [0.25, 0.3) is 0 Å². The van der Waals surface area contributed by atoms with Gasteiger partial charge < -0.3 is 14.8 Å². The van der Waals surface area contributed by atoms with Crippen molar-refractivity contribution >= 4 is 39.1 Å². The van der Waals surface area contributed by atoms with Gasteiger partial charge in [-0.15, -0.1) is 23.2 Å². The van der Waals surface area contributed by atoms with Gasteiger partial charge in [0.2, 0.25) is 10.0 Å². The first-order chi connectivity index (χ1) is 11.9. The Balaban J connectivity index is 2.67. The largest absolute Gasteiger partial charge is 0.493 e. The fraction of sp³-hybridized carbons (Fsp3) is 0.533. The number of benzene rings is 1. The summed E-state index contributed by atoms with van der Waals surface area (Å²) in [5.74, 6) is 0.622. The Labute approximate surface area is 158 Å². The van der Waals surface area contributed by atoms with E-state index in [-0.39, 0.29) is 37.1 Å². The molecule has 0 saturated carbocycles. The van der Waals surface area contributed by atoms with Crippen LogP contribution in [0, 0.1) is 0 Å². The van der Waals surface area contributed by atoms with E-state index in [1.165, 1.54) is 24.6 Å². The average Bonchev–Trinajstić information content (AvgIpc) is 2.60. The minimum absolute atomic E-state index is 0.0312. The summed E-state index contributed by atoms with van der Waals surface area (Å²) in [6.07, 6.45) is 0. The van der Waals surface area contributed by atoms with Crippen molar-refractivity contribution in [1.29, 1.82) is 0 Å². The van der Waals surface area contributed by atoms with Crippen molar-refractivity contribution in [2.45, 2.75) is 0 Å². The molecule has 1 N–H and O–H groups in total. The lowest BCUT2D eigenvalue weighted by Gasteiger charge is -2.20. The molecule has 142 valence electrons. The van der Waals surface area contributed by atoms with Crippen molar-refractivity contribution in [2.24, 2.45) is 0 Å². The molecule has 0 aromatic heterocycles. The number of rotatable bonds is 11. The lowest BCUT2D eigenvalue weighted by molar-refractivity contribution is 0.0955. The van der Waals surface area contributed by atoms with Gasteiger partial charge in [-0.1, -0.05) is 0 Å². The minimum Gasteiger partial charge on any atom is -0.493 e. The normalized spacial score (nSPS) is 11.4. The predicted octanol–water partition coefficient (Wildman–Crippen LogP) is 1.54. The Hall–Kier alpha value is -1.22. The fourth-order valence-corrected chi connectivity index (χ4v) is 4.05. The average molecular weight is 413 g/mol. The van der Waals surface area contributed by atoms with Crippen LogP contribution in [-0.4, -0.2) is 70.0 Å². The van der Waals surface area contributed by atoms with E-state index in [1.54, 1.807) is 12.1 Å². The Morgan fingerprint density at radius 1 is 1.12 bits per heavy atom. The highest BCUT2D eigenvalue weighted by atomic mass is 35.5. The summed E-state index contributed by atoms with van der Waals surface area (Å²) in [7, 11) is -0.580. The van der Waals surface area contributed by atoms with Crippen LogP contribution >= 0.6 is 23.2 Å². The molecule has 0 saturated heterocycles. The Bertz CT molecular complexity index is 664. The number of halogens is 2. The smallest absolute Gasteiger partial charge is 0.251 e. The lowest BCUT2D eigenvalue weighted by atomic mass is 10.2. The van der Waals surface area contributed by atoms with Gasteiger partial charge in [0.15, 0.2) is 11.5 Å². The Morgan fingerprint density at radius 3 is 2.24 bits per heavy atom. The molecule has 1 aromatic rings. The highest BCUT2D eigenvalue weighted by Crippen LogP contribution is 2.27. The van der Waals surface area contributed by atoms with E-state index in [1.807, 2.05) is 0 Å². The summed E-state index contributed by atoms with van der Waals surface area (Å²) in [4.78, 5) is 12.2. The fourth-order valence-electron chi connectivity index (χ4n) is 2.08. The SMILES string of the molecule is COc1ccc(C(=O)NCCS(=O)(=O)N(CCCl)CCCl)cc1OC. The zero-order valence-corrected chi connectivity index (χ0v) is 16.5. The van der Waals surface area contributed by atoms with Gasteiger partial charge in [0, 0.05) is 37.0 Å². The van der Waals surface area contributed by atoms with Crippen LogP contribution in [0.1, 0.15) is 10.4 Å². The molecule has 10 heteroatoms. The molecule has 0 aliphatic rings. The molecule has 25 heavy (non-hydrogen) atoms. The third kappa shape index (κ3) is 6.54. The molecule has 0 unspecified atom stereocenters. The quantitative estimate of drug-likeness (QED) is 0.557. The molecular weight excluding hydrogens is 391 g/mol. The first-order valence-electron chi connectivity index (χ1n) is 7.49. The number of methoxy groups -OCH3 is 2. The summed E-state index contributed by atoms with van der Waals surface area (Å²) >= 11 is 11.2. The van der Waals surface area contributed by atoms with Gasteiger partial charge in [-0.05, 0) is 18.2 Å². The molecule has 0 radical (unpaired) electrons. The lowest BCUT2D eigenvalue weighted by Crippen LogP contribution is -2.39. The molecule has 0 spiro atoms. The number of alkyl halides is 2.